The van der Waals surface area contributed by atoms with Crippen LogP contribution >= 0.6 is 11.3 Å². The van der Waals surface area contributed by atoms with Gasteiger partial charge in [0.1, 0.15) is 11.3 Å². The van der Waals surface area contributed by atoms with E-state index in [-0.39, 0.29) is 17.1 Å². The van der Waals surface area contributed by atoms with Gasteiger partial charge in [-0.3, -0.25) is 4.79 Å². The zero-order chi connectivity index (χ0) is 18.3. The quantitative estimate of drug-likeness (QED) is 0.403. The van der Waals surface area contributed by atoms with E-state index in [1.807, 2.05) is 30.5 Å². The molecule has 0 aliphatic heterocycles. The molecule has 0 saturated heterocycles. The van der Waals surface area contributed by atoms with Gasteiger partial charge in [-0.2, -0.15) is 0 Å². The van der Waals surface area contributed by atoms with Gasteiger partial charge in [0.15, 0.2) is 5.76 Å². The van der Waals surface area contributed by atoms with E-state index in [0.717, 1.165) is 16.3 Å². The van der Waals surface area contributed by atoms with Crippen molar-refractivity contribution in [3.05, 3.63) is 69.1 Å². The third-order valence-corrected chi connectivity index (χ3v) is 4.84. The third kappa shape index (κ3) is 2.68. The first-order valence-corrected chi connectivity index (χ1v) is 8.67. The molecule has 6 nitrogen and oxygen atoms in total. The van der Waals surface area contributed by atoms with E-state index in [0.29, 0.717) is 16.5 Å². The van der Waals surface area contributed by atoms with Crippen LogP contribution in [0.15, 0.2) is 57.4 Å². The summed E-state index contributed by atoms with van der Waals surface area (Å²) in [5, 5.41) is 6.45. The van der Waals surface area contributed by atoms with Crippen LogP contribution in [0.3, 0.4) is 0 Å². The SMILES string of the molecule is Cc1nc(-c2ccc3c(N)c(C(=O)c4cccc(N=O)c4)oc3c2)cs1. The van der Waals surface area contributed by atoms with Gasteiger partial charge in [-0.25, -0.2) is 4.98 Å². The van der Waals surface area contributed by atoms with Crippen molar-refractivity contribution in [3.63, 3.8) is 0 Å². The number of aromatic nitrogens is 1. The molecule has 0 spiro atoms. The number of ketones is 1. The van der Waals surface area contributed by atoms with Crippen molar-refractivity contribution in [1.29, 1.82) is 0 Å². The number of rotatable bonds is 4. The maximum atomic E-state index is 12.7. The van der Waals surface area contributed by atoms with Crippen molar-refractivity contribution in [2.24, 2.45) is 5.18 Å². The van der Waals surface area contributed by atoms with Gasteiger partial charge < -0.3 is 10.2 Å². The number of thiazole rings is 1. The van der Waals surface area contributed by atoms with Crippen LogP contribution in [-0.4, -0.2) is 10.8 Å². The second-order valence-corrected chi connectivity index (χ2v) is 6.84. The number of aryl methyl sites for hydroxylation is 1. The van der Waals surface area contributed by atoms with E-state index in [9.17, 15) is 9.70 Å². The van der Waals surface area contributed by atoms with Crippen molar-refractivity contribution in [3.8, 4) is 11.3 Å². The zero-order valence-corrected chi connectivity index (χ0v) is 14.5. The normalized spacial score (nSPS) is 11.0. The lowest BCUT2D eigenvalue weighted by Gasteiger charge is -1.99. The number of carbonyl (C=O) groups excluding carboxylic acids is 1. The number of benzene rings is 2. The predicted octanol–water partition coefficient (Wildman–Crippen LogP) is 5.08. The number of nitroso groups, excluding NO2 is 1. The van der Waals surface area contributed by atoms with E-state index < -0.39 is 5.78 Å². The maximum Gasteiger partial charge on any atom is 0.230 e. The highest BCUT2D eigenvalue weighted by molar-refractivity contribution is 7.09. The number of furan rings is 1. The molecule has 2 heterocycles. The summed E-state index contributed by atoms with van der Waals surface area (Å²) in [5.41, 5.74) is 9.12. The minimum absolute atomic E-state index is 0.0506. The van der Waals surface area contributed by atoms with Crippen LogP contribution in [-0.2, 0) is 0 Å². The summed E-state index contributed by atoms with van der Waals surface area (Å²) in [4.78, 5) is 27.9. The summed E-state index contributed by atoms with van der Waals surface area (Å²) in [5.74, 6) is -0.343. The highest BCUT2D eigenvalue weighted by Crippen LogP contribution is 2.33. The molecule has 4 rings (SSSR count). The second kappa shape index (κ2) is 6.20. The third-order valence-electron chi connectivity index (χ3n) is 4.06. The molecule has 2 N–H and O–H groups in total. The largest absolute Gasteiger partial charge is 0.450 e. The summed E-state index contributed by atoms with van der Waals surface area (Å²) in [6, 6.07) is 11.6. The molecular formula is C19H13N3O3S. The molecule has 0 fully saturated rings. The molecule has 2 aromatic heterocycles. The number of hydrogen-bond acceptors (Lipinski definition) is 7. The molecule has 0 atom stereocenters. The van der Waals surface area contributed by atoms with Gasteiger partial charge >= 0.3 is 0 Å². The first kappa shape index (κ1) is 16.2. The first-order chi connectivity index (χ1) is 12.6. The minimum Gasteiger partial charge on any atom is -0.450 e. The summed E-state index contributed by atoms with van der Waals surface area (Å²) in [7, 11) is 0. The fourth-order valence-corrected chi connectivity index (χ4v) is 3.40. The van der Waals surface area contributed by atoms with Crippen molar-refractivity contribution in [2.45, 2.75) is 6.92 Å². The number of nitrogens with zero attached hydrogens (tertiary/aromatic N) is 2. The second-order valence-electron chi connectivity index (χ2n) is 5.78. The van der Waals surface area contributed by atoms with Crippen LogP contribution < -0.4 is 5.73 Å². The Kier molecular flexibility index (Phi) is 3.85. The average Bonchev–Trinajstić information content (AvgIpc) is 3.24. The van der Waals surface area contributed by atoms with Crippen molar-refractivity contribution >= 4 is 39.5 Å². The van der Waals surface area contributed by atoms with E-state index in [1.54, 1.807) is 23.5 Å². The Balaban J connectivity index is 1.79. The van der Waals surface area contributed by atoms with Gasteiger partial charge in [0.2, 0.25) is 5.78 Å². The molecule has 0 radical (unpaired) electrons. The highest BCUT2D eigenvalue weighted by Gasteiger charge is 2.21. The lowest BCUT2D eigenvalue weighted by Crippen LogP contribution is -2.02. The Labute approximate surface area is 152 Å². The lowest BCUT2D eigenvalue weighted by molar-refractivity contribution is 0.101. The van der Waals surface area contributed by atoms with Gasteiger partial charge in [0, 0.05) is 21.9 Å². The number of nitrogens with two attached hydrogens (primary N) is 1. The zero-order valence-electron chi connectivity index (χ0n) is 13.7. The number of carbonyl (C=O) groups is 1. The summed E-state index contributed by atoms with van der Waals surface area (Å²) in [6.45, 7) is 1.94. The molecule has 0 bridgehead atoms. The maximum absolute atomic E-state index is 12.7. The van der Waals surface area contributed by atoms with Crippen LogP contribution in [0.1, 0.15) is 21.1 Å². The molecule has 26 heavy (non-hydrogen) atoms. The molecule has 4 aromatic rings. The number of anilines is 1. The topological polar surface area (TPSA) is 98.5 Å². The van der Waals surface area contributed by atoms with Gasteiger partial charge in [0.05, 0.1) is 16.4 Å². The smallest absolute Gasteiger partial charge is 0.230 e. The number of nitrogen functional groups attached to an aromatic ring is 1. The standard InChI is InChI=1S/C19H13N3O3S/c1-10-21-15(9-26-10)11-5-6-14-16(8-11)25-19(17(14)20)18(23)12-3-2-4-13(7-12)22-24/h2-9H,20H2,1H3. The van der Waals surface area contributed by atoms with Crippen molar-refractivity contribution in [1.82, 2.24) is 4.98 Å². The Hall–Kier alpha value is -3.32. The molecule has 128 valence electrons. The Bertz CT molecular complexity index is 1160. The monoisotopic (exact) mass is 363 g/mol. The van der Waals surface area contributed by atoms with Gasteiger partial charge in [0.25, 0.3) is 0 Å². The van der Waals surface area contributed by atoms with Gasteiger partial charge in [-0.15, -0.1) is 16.2 Å². The first-order valence-electron chi connectivity index (χ1n) is 7.79. The van der Waals surface area contributed by atoms with E-state index in [2.05, 4.69) is 10.2 Å². The Morgan fingerprint density at radius 1 is 1.23 bits per heavy atom. The molecule has 0 unspecified atom stereocenters. The van der Waals surface area contributed by atoms with Gasteiger partial charge in [-0.05, 0) is 36.4 Å². The molecule has 2 aromatic carbocycles. The minimum atomic E-state index is -0.393. The van der Waals surface area contributed by atoms with E-state index in [4.69, 9.17) is 10.2 Å². The Morgan fingerprint density at radius 3 is 2.81 bits per heavy atom. The lowest BCUT2D eigenvalue weighted by atomic mass is 10.1. The average molecular weight is 363 g/mol. The van der Waals surface area contributed by atoms with Crippen LogP contribution in [0.2, 0.25) is 0 Å². The molecular weight excluding hydrogens is 350 g/mol. The molecule has 7 heteroatoms. The molecule has 0 amide bonds. The molecule has 0 saturated carbocycles. The Morgan fingerprint density at radius 2 is 2.08 bits per heavy atom. The molecule has 0 aliphatic rings. The van der Waals surface area contributed by atoms with Crippen LogP contribution in [0, 0.1) is 11.8 Å². The summed E-state index contributed by atoms with van der Waals surface area (Å²) < 4.78 is 5.75. The van der Waals surface area contributed by atoms with Crippen LogP contribution in [0.5, 0.6) is 0 Å². The summed E-state index contributed by atoms with van der Waals surface area (Å²) in [6.07, 6.45) is 0. The highest BCUT2D eigenvalue weighted by atomic mass is 32.1. The van der Waals surface area contributed by atoms with Gasteiger partial charge in [-0.1, -0.05) is 18.2 Å². The van der Waals surface area contributed by atoms with E-state index >= 15 is 0 Å². The van der Waals surface area contributed by atoms with Crippen LogP contribution in [0.4, 0.5) is 11.4 Å². The summed E-state index contributed by atoms with van der Waals surface area (Å²) >= 11 is 1.56. The fourth-order valence-electron chi connectivity index (χ4n) is 2.78. The fraction of sp³-hybridized carbons (Fsp3) is 0.0526. The van der Waals surface area contributed by atoms with Crippen molar-refractivity contribution in [2.75, 3.05) is 5.73 Å². The molecule has 0 aliphatic carbocycles. The van der Waals surface area contributed by atoms with Crippen molar-refractivity contribution < 1.29 is 9.21 Å². The van der Waals surface area contributed by atoms with E-state index in [1.165, 1.54) is 12.1 Å². The number of hydrogen-bond donors (Lipinski definition) is 1. The number of fused-ring (bicyclic) bond motifs is 1. The van der Waals surface area contributed by atoms with Crippen LogP contribution in [0.25, 0.3) is 22.2 Å². The predicted molar refractivity (Wildman–Crippen MR) is 102 cm³/mol.